The highest BCUT2D eigenvalue weighted by atomic mass is 15.2. The third-order valence-electron chi connectivity index (χ3n) is 3.35. The zero-order valence-electron chi connectivity index (χ0n) is 10.4. The molecule has 1 aliphatic rings. The van der Waals surface area contributed by atoms with E-state index in [0.717, 1.165) is 12.5 Å². The monoisotopic (exact) mass is 218 g/mol. The van der Waals surface area contributed by atoms with Gasteiger partial charge in [0.15, 0.2) is 0 Å². The lowest BCUT2D eigenvalue weighted by Gasteiger charge is -2.42. The molecule has 0 bridgehead atoms. The predicted octanol–water partition coefficient (Wildman–Crippen LogP) is 2.64. The van der Waals surface area contributed by atoms with Crippen molar-refractivity contribution in [2.24, 2.45) is 5.92 Å². The van der Waals surface area contributed by atoms with Gasteiger partial charge in [0, 0.05) is 25.3 Å². The van der Waals surface area contributed by atoms with E-state index in [1.54, 1.807) is 0 Å². The Balaban J connectivity index is 1.99. The second-order valence-corrected chi connectivity index (χ2v) is 4.72. The molecule has 0 aromatic heterocycles. The van der Waals surface area contributed by atoms with E-state index in [1.807, 2.05) is 7.05 Å². The van der Waals surface area contributed by atoms with Crippen molar-refractivity contribution in [2.75, 3.05) is 25.0 Å². The van der Waals surface area contributed by atoms with E-state index in [4.69, 9.17) is 0 Å². The van der Waals surface area contributed by atoms with Gasteiger partial charge in [0.25, 0.3) is 0 Å². The van der Waals surface area contributed by atoms with Gasteiger partial charge in [0.05, 0.1) is 0 Å². The Labute approximate surface area is 98.7 Å². The van der Waals surface area contributed by atoms with Crippen LogP contribution in [0.15, 0.2) is 24.3 Å². The standard InChI is InChI=1S/C14H22N2/c1-3-6-12-10-16(11-12)14-8-5-4-7-13(14)9-15-2/h4-5,7-8,12,15H,3,6,9-11H2,1-2H3. The van der Waals surface area contributed by atoms with Gasteiger partial charge in [-0.05, 0) is 31.0 Å². The van der Waals surface area contributed by atoms with Gasteiger partial charge in [-0.3, -0.25) is 0 Å². The summed E-state index contributed by atoms with van der Waals surface area (Å²) >= 11 is 0. The van der Waals surface area contributed by atoms with Crippen LogP contribution in [0, 0.1) is 5.92 Å². The van der Waals surface area contributed by atoms with Crippen molar-refractivity contribution in [3.63, 3.8) is 0 Å². The van der Waals surface area contributed by atoms with Crippen molar-refractivity contribution in [3.8, 4) is 0 Å². The van der Waals surface area contributed by atoms with E-state index in [-0.39, 0.29) is 0 Å². The Kier molecular flexibility index (Phi) is 3.83. The SMILES string of the molecule is CCCC1CN(c2ccccc2CNC)C1. The first kappa shape index (κ1) is 11.5. The number of nitrogens with one attached hydrogen (secondary N) is 1. The lowest BCUT2D eigenvalue weighted by molar-refractivity contribution is 0.380. The summed E-state index contributed by atoms with van der Waals surface area (Å²) in [7, 11) is 2.01. The van der Waals surface area contributed by atoms with Gasteiger partial charge >= 0.3 is 0 Å². The molecule has 2 heteroatoms. The maximum atomic E-state index is 3.24. The van der Waals surface area contributed by atoms with Gasteiger partial charge in [0.2, 0.25) is 0 Å². The fraction of sp³-hybridized carbons (Fsp3) is 0.571. The minimum atomic E-state index is 0.924. The van der Waals surface area contributed by atoms with E-state index >= 15 is 0 Å². The van der Waals surface area contributed by atoms with Gasteiger partial charge in [0.1, 0.15) is 0 Å². The van der Waals surface area contributed by atoms with Crippen LogP contribution in [0.1, 0.15) is 25.3 Å². The van der Waals surface area contributed by atoms with Gasteiger partial charge < -0.3 is 10.2 Å². The molecule has 1 saturated heterocycles. The zero-order valence-corrected chi connectivity index (χ0v) is 10.4. The van der Waals surface area contributed by atoms with Crippen LogP contribution >= 0.6 is 0 Å². The molecule has 0 spiro atoms. The molecular formula is C14H22N2. The first-order chi connectivity index (χ1) is 7.85. The minimum Gasteiger partial charge on any atom is -0.371 e. The molecule has 1 N–H and O–H groups in total. The fourth-order valence-electron chi connectivity index (χ4n) is 2.52. The summed E-state index contributed by atoms with van der Waals surface area (Å²) < 4.78 is 0. The highest BCUT2D eigenvalue weighted by Crippen LogP contribution is 2.29. The van der Waals surface area contributed by atoms with Crippen LogP contribution in [0.3, 0.4) is 0 Å². The summed E-state index contributed by atoms with van der Waals surface area (Å²) in [5.74, 6) is 0.924. The number of para-hydroxylation sites is 1. The summed E-state index contributed by atoms with van der Waals surface area (Å²) in [4.78, 5) is 2.51. The highest BCUT2D eigenvalue weighted by Gasteiger charge is 2.26. The molecule has 1 heterocycles. The summed E-state index contributed by atoms with van der Waals surface area (Å²) in [6, 6.07) is 8.73. The van der Waals surface area contributed by atoms with Crippen LogP contribution in [-0.2, 0) is 6.54 Å². The van der Waals surface area contributed by atoms with Crippen molar-refractivity contribution in [1.82, 2.24) is 5.32 Å². The topological polar surface area (TPSA) is 15.3 Å². The van der Waals surface area contributed by atoms with Crippen LogP contribution < -0.4 is 10.2 Å². The second-order valence-electron chi connectivity index (χ2n) is 4.72. The Bertz CT molecular complexity index is 329. The molecule has 1 fully saturated rings. The fourth-order valence-corrected chi connectivity index (χ4v) is 2.52. The first-order valence-corrected chi connectivity index (χ1v) is 6.32. The Morgan fingerprint density at radius 2 is 2.06 bits per heavy atom. The maximum absolute atomic E-state index is 3.24. The Morgan fingerprint density at radius 1 is 1.31 bits per heavy atom. The van der Waals surface area contributed by atoms with Crippen LogP contribution in [0.4, 0.5) is 5.69 Å². The summed E-state index contributed by atoms with van der Waals surface area (Å²) in [6.07, 6.45) is 2.70. The molecule has 2 nitrogen and oxygen atoms in total. The summed E-state index contributed by atoms with van der Waals surface area (Å²) in [6.45, 7) is 5.73. The van der Waals surface area contributed by atoms with Gasteiger partial charge in [-0.2, -0.15) is 0 Å². The lowest BCUT2D eigenvalue weighted by atomic mass is 9.93. The molecule has 0 aliphatic carbocycles. The van der Waals surface area contributed by atoms with Crippen molar-refractivity contribution in [2.45, 2.75) is 26.3 Å². The van der Waals surface area contributed by atoms with Crippen LogP contribution in [0.25, 0.3) is 0 Å². The lowest BCUT2D eigenvalue weighted by Crippen LogP contribution is -2.47. The van der Waals surface area contributed by atoms with E-state index < -0.39 is 0 Å². The highest BCUT2D eigenvalue weighted by molar-refractivity contribution is 5.55. The van der Waals surface area contributed by atoms with Crippen LogP contribution in [0.5, 0.6) is 0 Å². The van der Waals surface area contributed by atoms with Crippen molar-refractivity contribution < 1.29 is 0 Å². The molecule has 16 heavy (non-hydrogen) atoms. The van der Waals surface area contributed by atoms with E-state index in [2.05, 4.69) is 41.4 Å². The second kappa shape index (κ2) is 5.35. The molecule has 0 amide bonds. The third-order valence-corrected chi connectivity index (χ3v) is 3.35. The molecule has 2 rings (SSSR count). The number of rotatable bonds is 5. The Hall–Kier alpha value is -1.02. The smallest absolute Gasteiger partial charge is 0.0412 e. The summed E-state index contributed by atoms with van der Waals surface area (Å²) in [5, 5.41) is 3.24. The normalized spacial score (nSPS) is 16.2. The minimum absolute atomic E-state index is 0.924. The van der Waals surface area contributed by atoms with Crippen molar-refractivity contribution in [1.29, 1.82) is 0 Å². The van der Waals surface area contributed by atoms with Crippen molar-refractivity contribution >= 4 is 5.69 Å². The molecule has 1 aromatic carbocycles. The number of nitrogens with zero attached hydrogens (tertiary/aromatic N) is 1. The average Bonchev–Trinajstić information content (AvgIpc) is 2.25. The number of anilines is 1. The number of hydrogen-bond acceptors (Lipinski definition) is 2. The molecular weight excluding hydrogens is 196 g/mol. The van der Waals surface area contributed by atoms with E-state index in [1.165, 1.54) is 37.2 Å². The third kappa shape index (κ3) is 2.38. The van der Waals surface area contributed by atoms with Gasteiger partial charge in [-0.15, -0.1) is 0 Å². The number of benzene rings is 1. The van der Waals surface area contributed by atoms with Gasteiger partial charge in [-0.25, -0.2) is 0 Å². The quantitative estimate of drug-likeness (QED) is 0.817. The zero-order chi connectivity index (χ0) is 11.4. The largest absolute Gasteiger partial charge is 0.371 e. The maximum Gasteiger partial charge on any atom is 0.0412 e. The molecule has 1 aromatic rings. The summed E-state index contributed by atoms with van der Waals surface area (Å²) in [5.41, 5.74) is 2.84. The molecule has 0 saturated carbocycles. The predicted molar refractivity (Wildman–Crippen MR) is 69.8 cm³/mol. The van der Waals surface area contributed by atoms with Crippen LogP contribution in [0.2, 0.25) is 0 Å². The first-order valence-electron chi connectivity index (χ1n) is 6.32. The molecule has 0 unspecified atom stereocenters. The molecule has 0 radical (unpaired) electrons. The average molecular weight is 218 g/mol. The van der Waals surface area contributed by atoms with E-state index in [0.29, 0.717) is 0 Å². The Morgan fingerprint density at radius 3 is 2.75 bits per heavy atom. The van der Waals surface area contributed by atoms with Crippen molar-refractivity contribution in [3.05, 3.63) is 29.8 Å². The van der Waals surface area contributed by atoms with E-state index in [9.17, 15) is 0 Å². The molecule has 1 aliphatic heterocycles. The molecule has 88 valence electrons. The number of hydrogen-bond donors (Lipinski definition) is 1. The molecule has 0 atom stereocenters. The van der Waals surface area contributed by atoms with Crippen LogP contribution in [-0.4, -0.2) is 20.1 Å². The van der Waals surface area contributed by atoms with Gasteiger partial charge in [-0.1, -0.05) is 31.5 Å².